The number of hydrogen-bond acceptors (Lipinski definition) is 1. The zero-order valence-corrected chi connectivity index (χ0v) is 7.45. The largest absolute Gasteiger partial charge is 0.199 e. The van der Waals surface area contributed by atoms with Crippen molar-refractivity contribution in [1.82, 2.24) is 0 Å². The molecule has 8 heavy (non-hydrogen) atoms. The molecule has 0 aliphatic heterocycles. The molecule has 0 bridgehead atoms. The molecular formula is C6H15NSi. The lowest BCUT2D eigenvalue weighted by molar-refractivity contribution is 1.49. The predicted octanol–water partition coefficient (Wildman–Crippen LogP) is 2.48. The Morgan fingerprint density at radius 2 is 1.12 bits per heavy atom. The van der Waals surface area contributed by atoms with Gasteiger partial charge in [-0.3, -0.25) is 0 Å². The van der Waals surface area contributed by atoms with Crippen molar-refractivity contribution < 1.29 is 0 Å². The van der Waals surface area contributed by atoms with E-state index in [4.69, 9.17) is 5.26 Å². The van der Waals surface area contributed by atoms with Gasteiger partial charge >= 0.3 is 0 Å². The first-order chi connectivity index (χ1) is 3.41. The standard InChI is InChI=1S/C4H12Si.C2H3N/c1-5(2,3)4;1-2-3/h1-4H3;1H3. The van der Waals surface area contributed by atoms with E-state index in [9.17, 15) is 0 Å². The molecule has 0 spiro atoms. The molecule has 0 rings (SSSR count). The van der Waals surface area contributed by atoms with E-state index in [0.717, 1.165) is 0 Å². The summed E-state index contributed by atoms with van der Waals surface area (Å²) >= 11 is 0. The Labute approximate surface area is 53.3 Å². The molecule has 0 N–H and O–H groups in total. The maximum atomic E-state index is 7.32. The van der Waals surface area contributed by atoms with Gasteiger partial charge in [-0.1, -0.05) is 26.2 Å². The lowest BCUT2D eigenvalue weighted by atomic mass is 11.0. The number of rotatable bonds is 0. The van der Waals surface area contributed by atoms with Gasteiger partial charge in [-0.15, -0.1) is 0 Å². The van der Waals surface area contributed by atoms with Crippen LogP contribution in [0.2, 0.25) is 26.2 Å². The Morgan fingerprint density at radius 1 is 1.12 bits per heavy atom. The van der Waals surface area contributed by atoms with E-state index in [2.05, 4.69) is 26.2 Å². The normalized spacial score (nSPS) is 8.50. The Bertz CT molecular complexity index is 69.5. The van der Waals surface area contributed by atoms with E-state index in [1.54, 1.807) is 6.07 Å². The molecular weight excluding hydrogens is 114 g/mol. The highest BCUT2D eigenvalue weighted by Gasteiger charge is 1.99. The van der Waals surface area contributed by atoms with Gasteiger partial charge < -0.3 is 0 Å². The maximum absolute atomic E-state index is 7.32. The minimum absolute atomic E-state index is 0.611. The summed E-state index contributed by atoms with van der Waals surface area (Å²) < 4.78 is 0. The van der Waals surface area contributed by atoms with Crippen LogP contribution in [0.4, 0.5) is 0 Å². The van der Waals surface area contributed by atoms with Gasteiger partial charge in [0.15, 0.2) is 0 Å². The summed E-state index contributed by atoms with van der Waals surface area (Å²) in [4.78, 5) is 0. The van der Waals surface area contributed by atoms with Gasteiger partial charge in [-0.05, 0) is 0 Å². The lowest BCUT2D eigenvalue weighted by Gasteiger charge is -2.01. The Hall–Kier alpha value is -0.293. The predicted molar refractivity (Wildman–Crippen MR) is 40.5 cm³/mol. The Morgan fingerprint density at radius 3 is 1.12 bits per heavy atom. The van der Waals surface area contributed by atoms with Crippen molar-refractivity contribution >= 4 is 8.07 Å². The molecule has 0 saturated heterocycles. The molecule has 0 amide bonds. The molecule has 0 radical (unpaired) electrons. The quantitative estimate of drug-likeness (QED) is 0.461. The highest BCUT2D eigenvalue weighted by atomic mass is 28.3. The first-order valence-corrected chi connectivity index (χ1v) is 6.72. The Kier molecular flexibility index (Phi) is 6.46. The number of nitriles is 1. The summed E-state index contributed by atoms with van der Waals surface area (Å²) in [5, 5.41) is 7.32. The first-order valence-electron chi connectivity index (χ1n) is 2.72. The average molecular weight is 129 g/mol. The molecule has 0 heterocycles. The first kappa shape index (κ1) is 10.6. The fraction of sp³-hybridized carbons (Fsp3) is 0.833. The van der Waals surface area contributed by atoms with Crippen LogP contribution >= 0.6 is 0 Å². The van der Waals surface area contributed by atoms with Gasteiger partial charge in [0.05, 0.1) is 6.07 Å². The van der Waals surface area contributed by atoms with Crippen molar-refractivity contribution in [3.63, 3.8) is 0 Å². The van der Waals surface area contributed by atoms with Crippen molar-refractivity contribution in [1.29, 1.82) is 5.26 Å². The second-order valence-electron chi connectivity index (χ2n) is 3.22. The van der Waals surface area contributed by atoms with Crippen molar-refractivity contribution in [3.8, 4) is 6.07 Å². The van der Waals surface area contributed by atoms with Crippen LogP contribution < -0.4 is 0 Å². The van der Waals surface area contributed by atoms with Crippen LogP contribution in [0.5, 0.6) is 0 Å². The smallest absolute Gasteiger partial charge is 0.0587 e. The topological polar surface area (TPSA) is 23.8 Å². The minimum atomic E-state index is -0.611. The van der Waals surface area contributed by atoms with Crippen LogP contribution in [0.3, 0.4) is 0 Å². The summed E-state index contributed by atoms with van der Waals surface area (Å²) in [6.07, 6.45) is 0. The number of hydrogen-bond donors (Lipinski definition) is 0. The minimum Gasteiger partial charge on any atom is -0.199 e. The van der Waals surface area contributed by atoms with Crippen LogP contribution in [-0.2, 0) is 0 Å². The van der Waals surface area contributed by atoms with Crippen molar-refractivity contribution in [2.24, 2.45) is 0 Å². The zero-order valence-electron chi connectivity index (χ0n) is 6.45. The van der Waals surface area contributed by atoms with Crippen LogP contribution in [0.25, 0.3) is 0 Å². The highest BCUT2D eigenvalue weighted by molar-refractivity contribution is 6.74. The van der Waals surface area contributed by atoms with E-state index in [1.807, 2.05) is 0 Å². The fourth-order valence-corrected chi connectivity index (χ4v) is 0. The summed E-state index contributed by atoms with van der Waals surface area (Å²) in [5.74, 6) is 0. The molecule has 0 aromatic rings. The molecule has 0 aromatic heterocycles. The van der Waals surface area contributed by atoms with Crippen molar-refractivity contribution in [3.05, 3.63) is 0 Å². The third kappa shape index (κ3) is 1470. The van der Waals surface area contributed by atoms with E-state index in [-0.39, 0.29) is 0 Å². The van der Waals surface area contributed by atoms with Gasteiger partial charge in [-0.2, -0.15) is 5.26 Å². The third-order valence-corrected chi connectivity index (χ3v) is 0. The van der Waals surface area contributed by atoms with Crippen LogP contribution in [0.1, 0.15) is 6.92 Å². The van der Waals surface area contributed by atoms with E-state index >= 15 is 0 Å². The van der Waals surface area contributed by atoms with Gasteiger partial charge in [-0.25, -0.2) is 0 Å². The third-order valence-electron chi connectivity index (χ3n) is 0. The van der Waals surface area contributed by atoms with E-state index in [1.165, 1.54) is 6.92 Å². The number of nitrogens with zero attached hydrogens (tertiary/aromatic N) is 1. The molecule has 0 fully saturated rings. The SMILES string of the molecule is CC#N.C[Si](C)(C)C. The van der Waals surface area contributed by atoms with E-state index in [0.29, 0.717) is 0 Å². The van der Waals surface area contributed by atoms with Crippen molar-refractivity contribution in [2.45, 2.75) is 33.1 Å². The van der Waals surface area contributed by atoms with Gasteiger partial charge in [0.1, 0.15) is 0 Å². The van der Waals surface area contributed by atoms with E-state index < -0.39 is 8.07 Å². The van der Waals surface area contributed by atoms with Crippen LogP contribution in [0, 0.1) is 11.3 Å². The lowest BCUT2D eigenvalue weighted by Crippen LogP contribution is -2.10. The highest BCUT2D eigenvalue weighted by Crippen LogP contribution is 1.94. The molecule has 0 unspecified atom stereocenters. The second-order valence-corrected chi connectivity index (χ2v) is 9.22. The molecule has 0 saturated carbocycles. The molecule has 0 atom stereocenters. The van der Waals surface area contributed by atoms with Gasteiger partial charge in [0.25, 0.3) is 0 Å². The molecule has 0 aliphatic rings. The summed E-state index contributed by atoms with van der Waals surface area (Å²) in [6, 6.07) is 1.75. The monoisotopic (exact) mass is 129 g/mol. The molecule has 0 aliphatic carbocycles. The summed E-state index contributed by atoms with van der Waals surface area (Å²) in [5.41, 5.74) is 0. The summed E-state index contributed by atoms with van der Waals surface area (Å²) in [6.45, 7) is 10.7. The van der Waals surface area contributed by atoms with Crippen LogP contribution in [-0.4, -0.2) is 8.07 Å². The molecule has 2 heteroatoms. The van der Waals surface area contributed by atoms with Crippen LogP contribution in [0.15, 0.2) is 0 Å². The summed E-state index contributed by atoms with van der Waals surface area (Å²) in [7, 11) is -0.611. The van der Waals surface area contributed by atoms with Gasteiger partial charge in [0, 0.05) is 15.0 Å². The molecule has 1 nitrogen and oxygen atoms in total. The fourth-order valence-electron chi connectivity index (χ4n) is 0. The Balaban J connectivity index is 0. The zero-order chi connectivity index (χ0) is 7.21. The average Bonchev–Trinajstić information content (AvgIpc) is 1.27. The second kappa shape index (κ2) is 4.86. The molecule has 0 aromatic carbocycles. The van der Waals surface area contributed by atoms with Crippen molar-refractivity contribution in [2.75, 3.05) is 0 Å². The maximum Gasteiger partial charge on any atom is 0.0587 e. The van der Waals surface area contributed by atoms with Gasteiger partial charge in [0.2, 0.25) is 0 Å². The molecule has 48 valence electrons.